The van der Waals surface area contributed by atoms with Gasteiger partial charge in [-0.05, 0) is 43.3 Å². The number of rotatable bonds is 4. The Morgan fingerprint density at radius 3 is 2.89 bits per heavy atom. The first-order valence-electron chi connectivity index (χ1n) is 6.52. The standard InChI is InChI=1S/C14H19F2NS/c1-2-17-14(13-5-3-4-8-18-13)11-9-10(15)6-7-12(11)16/h6-7,9,13-14,17H,2-5,8H2,1H3. The summed E-state index contributed by atoms with van der Waals surface area (Å²) < 4.78 is 27.2. The smallest absolute Gasteiger partial charge is 0.128 e. The fourth-order valence-corrected chi connectivity index (χ4v) is 3.89. The van der Waals surface area contributed by atoms with Gasteiger partial charge in [-0.15, -0.1) is 0 Å². The molecule has 0 bridgehead atoms. The highest BCUT2D eigenvalue weighted by atomic mass is 32.2. The molecule has 1 aromatic carbocycles. The van der Waals surface area contributed by atoms with Crippen LogP contribution < -0.4 is 5.32 Å². The lowest BCUT2D eigenvalue weighted by Crippen LogP contribution is -2.32. The van der Waals surface area contributed by atoms with Gasteiger partial charge in [-0.25, -0.2) is 8.78 Å². The molecule has 1 fully saturated rings. The molecule has 1 nitrogen and oxygen atoms in total. The molecule has 4 heteroatoms. The monoisotopic (exact) mass is 271 g/mol. The van der Waals surface area contributed by atoms with Gasteiger partial charge in [0.2, 0.25) is 0 Å². The summed E-state index contributed by atoms with van der Waals surface area (Å²) in [6, 6.07) is 3.65. The number of halogens is 2. The largest absolute Gasteiger partial charge is 0.309 e. The highest BCUT2D eigenvalue weighted by molar-refractivity contribution is 8.00. The van der Waals surface area contributed by atoms with Gasteiger partial charge in [-0.2, -0.15) is 11.8 Å². The fraction of sp³-hybridized carbons (Fsp3) is 0.571. The van der Waals surface area contributed by atoms with E-state index in [0.717, 1.165) is 18.7 Å². The van der Waals surface area contributed by atoms with Crippen LogP contribution >= 0.6 is 11.8 Å². The third kappa shape index (κ3) is 3.23. The van der Waals surface area contributed by atoms with Crippen LogP contribution in [0.15, 0.2) is 18.2 Å². The summed E-state index contributed by atoms with van der Waals surface area (Å²) in [6.45, 7) is 2.76. The van der Waals surface area contributed by atoms with Gasteiger partial charge in [-0.3, -0.25) is 0 Å². The zero-order valence-corrected chi connectivity index (χ0v) is 11.4. The molecule has 2 atom stereocenters. The van der Waals surface area contributed by atoms with Crippen LogP contribution in [-0.2, 0) is 0 Å². The van der Waals surface area contributed by atoms with Gasteiger partial charge in [0.1, 0.15) is 11.6 Å². The Balaban J connectivity index is 2.24. The number of thioether (sulfide) groups is 1. The summed E-state index contributed by atoms with van der Waals surface area (Å²) in [4.78, 5) is 0. The molecule has 1 N–H and O–H groups in total. The Bertz CT molecular complexity index is 391. The summed E-state index contributed by atoms with van der Waals surface area (Å²) in [7, 11) is 0. The minimum atomic E-state index is -0.366. The maximum Gasteiger partial charge on any atom is 0.128 e. The van der Waals surface area contributed by atoms with Crippen molar-refractivity contribution >= 4 is 11.8 Å². The Labute approximate surface area is 111 Å². The molecule has 2 unspecified atom stereocenters. The van der Waals surface area contributed by atoms with Crippen LogP contribution in [0.4, 0.5) is 8.78 Å². The molecule has 1 aliphatic rings. The molecule has 1 aliphatic heterocycles. The predicted molar refractivity (Wildman–Crippen MR) is 72.9 cm³/mol. The summed E-state index contributed by atoms with van der Waals surface area (Å²) in [5.41, 5.74) is 0.469. The third-order valence-corrected chi connectivity index (χ3v) is 4.76. The van der Waals surface area contributed by atoms with Crippen LogP contribution in [0.1, 0.15) is 37.8 Å². The van der Waals surface area contributed by atoms with Gasteiger partial charge in [-0.1, -0.05) is 13.3 Å². The van der Waals surface area contributed by atoms with Crippen LogP contribution in [0.3, 0.4) is 0 Å². The molecular formula is C14H19F2NS. The van der Waals surface area contributed by atoms with Crippen molar-refractivity contribution in [2.24, 2.45) is 0 Å². The van der Waals surface area contributed by atoms with E-state index in [2.05, 4.69) is 5.32 Å². The van der Waals surface area contributed by atoms with Crippen LogP contribution in [0.25, 0.3) is 0 Å². The molecule has 2 rings (SSSR count). The molecular weight excluding hydrogens is 252 g/mol. The molecule has 100 valence electrons. The normalized spacial score (nSPS) is 21.8. The first-order chi connectivity index (χ1) is 8.72. The first-order valence-corrected chi connectivity index (χ1v) is 7.57. The lowest BCUT2D eigenvalue weighted by molar-refractivity contribution is 0.464. The maximum atomic E-state index is 13.9. The van der Waals surface area contributed by atoms with E-state index in [0.29, 0.717) is 10.8 Å². The molecule has 0 radical (unpaired) electrons. The van der Waals surface area contributed by atoms with Crippen molar-refractivity contribution in [3.05, 3.63) is 35.4 Å². The first kappa shape index (κ1) is 13.8. The Hall–Kier alpha value is -0.610. The third-order valence-electron chi connectivity index (χ3n) is 3.30. The Kier molecular flexibility index (Phi) is 5.01. The number of nitrogens with one attached hydrogen (secondary N) is 1. The Morgan fingerprint density at radius 2 is 2.22 bits per heavy atom. The summed E-state index contributed by atoms with van der Waals surface area (Å²) in [5.74, 6) is 0.437. The second-order valence-electron chi connectivity index (χ2n) is 4.61. The quantitative estimate of drug-likeness (QED) is 0.891. The van der Waals surface area contributed by atoms with Crippen molar-refractivity contribution < 1.29 is 8.78 Å². The van der Waals surface area contributed by atoms with Crippen LogP contribution in [0.5, 0.6) is 0 Å². The number of benzene rings is 1. The van der Waals surface area contributed by atoms with Crippen molar-refractivity contribution in [2.45, 2.75) is 37.5 Å². The van der Waals surface area contributed by atoms with Crippen LogP contribution in [-0.4, -0.2) is 17.5 Å². The van der Waals surface area contributed by atoms with Gasteiger partial charge < -0.3 is 5.32 Å². The second kappa shape index (κ2) is 6.53. The fourth-order valence-electron chi connectivity index (χ4n) is 2.44. The van der Waals surface area contributed by atoms with Gasteiger partial charge >= 0.3 is 0 Å². The van der Waals surface area contributed by atoms with E-state index in [1.807, 2.05) is 18.7 Å². The van der Waals surface area contributed by atoms with Crippen molar-refractivity contribution in [3.8, 4) is 0 Å². The highest BCUT2D eigenvalue weighted by Crippen LogP contribution is 2.35. The Morgan fingerprint density at radius 1 is 1.39 bits per heavy atom. The SMILES string of the molecule is CCNC(c1cc(F)ccc1F)C1CCCCS1. The van der Waals surface area contributed by atoms with E-state index in [-0.39, 0.29) is 17.7 Å². The highest BCUT2D eigenvalue weighted by Gasteiger charge is 2.27. The lowest BCUT2D eigenvalue weighted by atomic mass is 9.98. The molecule has 0 amide bonds. The molecule has 1 saturated heterocycles. The minimum absolute atomic E-state index is 0.0870. The van der Waals surface area contributed by atoms with Crippen molar-refractivity contribution in [1.29, 1.82) is 0 Å². The van der Waals surface area contributed by atoms with E-state index >= 15 is 0 Å². The molecule has 0 saturated carbocycles. The number of hydrogen-bond donors (Lipinski definition) is 1. The zero-order chi connectivity index (χ0) is 13.0. The van der Waals surface area contributed by atoms with E-state index < -0.39 is 0 Å². The van der Waals surface area contributed by atoms with Crippen molar-refractivity contribution in [3.63, 3.8) is 0 Å². The summed E-state index contributed by atoms with van der Waals surface area (Å²) >= 11 is 1.87. The minimum Gasteiger partial charge on any atom is -0.309 e. The lowest BCUT2D eigenvalue weighted by Gasteiger charge is -2.31. The topological polar surface area (TPSA) is 12.0 Å². The zero-order valence-electron chi connectivity index (χ0n) is 10.6. The van der Waals surface area contributed by atoms with Crippen molar-refractivity contribution in [2.75, 3.05) is 12.3 Å². The average molecular weight is 271 g/mol. The van der Waals surface area contributed by atoms with E-state index in [1.54, 1.807) is 0 Å². The van der Waals surface area contributed by atoms with Gasteiger partial charge in [0.25, 0.3) is 0 Å². The van der Waals surface area contributed by atoms with E-state index in [1.165, 1.54) is 31.0 Å². The number of hydrogen-bond acceptors (Lipinski definition) is 2. The van der Waals surface area contributed by atoms with E-state index in [9.17, 15) is 8.78 Å². The molecule has 0 aromatic heterocycles. The molecule has 0 aliphatic carbocycles. The van der Waals surface area contributed by atoms with Gasteiger partial charge in [0.15, 0.2) is 0 Å². The maximum absolute atomic E-state index is 13.9. The predicted octanol–water partition coefficient (Wildman–Crippen LogP) is 3.90. The van der Waals surface area contributed by atoms with Crippen LogP contribution in [0.2, 0.25) is 0 Å². The molecule has 18 heavy (non-hydrogen) atoms. The summed E-state index contributed by atoms with van der Waals surface area (Å²) in [6.07, 6.45) is 3.47. The molecule has 0 spiro atoms. The molecule has 1 aromatic rings. The molecule has 1 heterocycles. The van der Waals surface area contributed by atoms with Gasteiger partial charge in [0, 0.05) is 16.9 Å². The summed E-state index contributed by atoms with van der Waals surface area (Å²) in [5, 5.41) is 3.65. The van der Waals surface area contributed by atoms with Crippen molar-refractivity contribution in [1.82, 2.24) is 5.32 Å². The average Bonchev–Trinajstić information content (AvgIpc) is 2.40. The van der Waals surface area contributed by atoms with Crippen LogP contribution in [0, 0.1) is 11.6 Å². The second-order valence-corrected chi connectivity index (χ2v) is 5.95. The van der Waals surface area contributed by atoms with Gasteiger partial charge in [0.05, 0.1) is 0 Å². The van der Waals surface area contributed by atoms with E-state index in [4.69, 9.17) is 0 Å².